The van der Waals surface area contributed by atoms with Crippen molar-refractivity contribution in [3.63, 3.8) is 0 Å². The molecule has 1 atom stereocenters. The maximum absolute atomic E-state index is 12.5. The van der Waals surface area contributed by atoms with Gasteiger partial charge in [0.25, 0.3) is 0 Å². The van der Waals surface area contributed by atoms with Gasteiger partial charge in [0, 0.05) is 12.5 Å². The minimum Gasteiger partial charge on any atom is -0.490 e. The van der Waals surface area contributed by atoms with E-state index in [1.165, 1.54) is 0 Å². The minimum absolute atomic E-state index is 0.0715. The summed E-state index contributed by atoms with van der Waals surface area (Å²) in [6, 6.07) is 4.74. The number of carboxylic acids is 1. The Balaban J connectivity index is 1.68. The Bertz CT molecular complexity index is 707. The molecule has 1 aliphatic heterocycles. The van der Waals surface area contributed by atoms with Crippen molar-refractivity contribution < 1.29 is 23.1 Å². The monoisotopic (exact) mass is 339 g/mol. The lowest BCUT2D eigenvalue weighted by molar-refractivity contribution is -0.142. The van der Waals surface area contributed by atoms with Crippen molar-refractivity contribution >= 4 is 16.0 Å². The molecule has 1 aromatic carbocycles. The van der Waals surface area contributed by atoms with Gasteiger partial charge in [0.1, 0.15) is 11.9 Å². The SMILES string of the molecule is CC1Cc2cc(S(=O)(=O)NC3CCC(C(=O)O)CC3)ccc2O1. The summed E-state index contributed by atoms with van der Waals surface area (Å²) in [6.07, 6.45) is 2.92. The predicted octanol–water partition coefficient (Wildman–Crippen LogP) is 1.93. The number of fused-ring (bicyclic) bond motifs is 1. The molecular weight excluding hydrogens is 318 g/mol. The van der Waals surface area contributed by atoms with Crippen molar-refractivity contribution in [2.24, 2.45) is 5.92 Å². The van der Waals surface area contributed by atoms with Crippen LogP contribution in [0.5, 0.6) is 5.75 Å². The third-order valence-electron chi connectivity index (χ3n) is 4.58. The maximum atomic E-state index is 12.5. The molecular formula is C16H21NO5S. The van der Waals surface area contributed by atoms with Crippen molar-refractivity contribution in [2.75, 3.05) is 0 Å². The first kappa shape index (κ1) is 16.3. The number of hydrogen-bond acceptors (Lipinski definition) is 4. The standard InChI is InChI=1S/C16H21NO5S/c1-10-8-12-9-14(6-7-15(12)22-10)23(20,21)17-13-4-2-11(3-5-13)16(18)19/h6-7,9-11,13,17H,2-5,8H2,1H3,(H,18,19). The molecule has 1 aliphatic carbocycles. The van der Waals surface area contributed by atoms with E-state index in [2.05, 4.69) is 4.72 Å². The van der Waals surface area contributed by atoms with Crippen LogP contribution in [0.1, 0.15) is 38.2 Å². The Morgan fingerprint density at radius 3 is 2.61 bits per heavy atom. The summed E-state index contributed by atoms with van der Waals surface area (Å²) in [7, 11) is -3.59. The van der Waals surface area contributed by atoms with Crippen LogP contribution in [-0.2, 0) is 21.2 Å². The smallest absolute Gasteiger partial charge is 0.306 e. The van der Waals surface area contributed by atoms with E-state index >= 15 is 0 Å². The van der Waals surface area contributed by atoms with Gasteiger partial charge in [0.2, 0.25) is 10.0 Å². The highest BCUT2D eigenvalue weighted by molar-refractivity contribution is 7.89. The lowest BCUT2D eigenvalue weighted by Crippen LogP contribution is -2.38. The zero-order valence-electron chi connectivity index (χ0n) is 13.0. The fourth-order valence-corrected chi connectivity index (χ4v) is 4.67. The maximum Gasteiger partial charge on any atom is 0.306 e. The van der Waals surface area contributed by atoms with E-state index in [9.17, 15) is 13.2 Å². The number of aliphatic carboxylic acids is 1. The van der Waals surface area contributed by atoms with Gasteiger partial charge < -0.3 is 9.84 Å². The zero-order valence-corrected chi connectivity index (χ0v) is 13.8. The average molecular weight is 339 g/mol. The van der Waals surface area contributed by atoms with E-state index in [0.717, 1.165) is 11.3 Å². The quantitative estimate of drug-likeness (QED) is 0.874. The zero-order chi connectivity index (χ0) is 16.6. The number of carbonyl (C=O) groups is 1. The first-order valence-corrected chi connectivity index (χ1v) is 9.38. The highest BCUT2D eigenvalue weighted by Crippen LogP contribution is 2.31. The van der Waals surface area contributed by atoms with Crippen LogP contribution in [0.15, 0.2) is 23.1 Å². The second-order valence-corrected chi connectivity index (χ2v) is 8.12. The van der Waals surface area contributed by atoms with Crippen LogP contribution in [0.2, 0.25) is 0 Å². The number of nitrogens with one attached hydrogen (secondary N) is 1. The molecule has 1 heterocycles. The normalized spacial score (nSPS) is 27.3. The lowest BCUT2D eigenvalue weighted by atomic mass is 9.87. The van der Waals surface area contributed by atoms with E-state index in [1.54, 1.807) is 18.2 Å². The molecule has 1 unspecified atom stereocenters. The summed E-state index contributed by atoms with van der Waals surface area (Å²) >= 11 is 0. The lowest BCUT2D eigenvalue weighted by Gasteiger charge is -2.26. The van der Waals surface area contributed by atoms with Crippen LogP contribution in [0.25, 0.3) is 0 Å². The Morgan fingerprint density at radius 2 is 1.96 bits per heavy atom. The molecule has 1 saturated carbocycles. The summed E-state index contributed by atoms with van der Waals surface area (Å²) in [5.41, 5.74) is 0.912. The fourth-order valence-electron chi connectivity index (χ4n) is 3.31. The molecule has 0 saturated heterocycles. The number of hydrogen-bond donors (Lipinski definition) is 2. The highest BCUT2D eigenvalue weighted by atomic mass is 32.2. The Labute approximate surface area is 135 Å². The van der Waals surface area contributed by atoms with Crippen molar-refractivity contribution in [3.05, 3.63) is 23.8 Å². The number of benzene rings is 1. The Morgan fingerprint density at radius 1 is 1.26 bits per heavy atom. The molecule has 2 aliphatic rings. The van der Waals surface area contributed by atoms with Crippen molar-refractivity contribution in [1.82, 2.24) is 4.72 Å². The van der Waals surface area contributed by atoms with Gasteiger partial charge in [-0.25, -0.2) is 13.1 Å². The van der Waals surface area contributed by atoms with Crippen molar-refractivity contribution in [1.29, 1.82) is 0 Å². The topological polar surface area (TPSA) is 92.7 Å². The molecule has 2 N–H and O–H groups in total. The van der Waals surface area contributed by atoms with Crippen molar-refractivity contribution in [2.45, 2.75) is 56.1 Å². The van der Waals surface area contributed by atoms with Gasteiger partial charge in [-0.05, 0) is 56.4 Å². The number of ether oxygens (including phenoxy) is 1. The molecule has 6 nitrogen and oxygen atoms in total. The third kappa shape index (κ3) is 3.50. The molecule has 0 amide bonds. The molecule has 0 aromatic heterocycles. The summed E-state index contributed by atoms with van der Waals surface area (Å²) in [6.45, 7) is 1.95. The van der Waals surface area contributed by atoms with Crippen LogP contribution in [0, 0.1) is 5.92 Å². The summed E-state index contributed by atoms with van der Waals surface area (Å²) in [5.74, 6) is -0.396. The molecule has 7 heteroatoms. The van der Waals surface area contributed by atoms with Gasteiger partial charge in [-0.3, -0.25) is 4.79 Å². The highest BCUT2D eigenvalue weighted by Gasteiger charge is 2.29. The van der Waals surface area contributed by atoms with E-state index in [0.29, 0.717) is 32.1 Å². The Kier molecular flexibility index (Phi) is 4.33. The van der Waals surface area contributed by atoms with Gasteiger partial charge in [-0.15, -0.1) is 0 Å². The molecule has 0 radical (unpaired) electrons. The summed E-state index contributed by atoms with van der Waals surface area (Å²) in [4.78, 5) is 11.2. The van der Waals surface area contributed by atoms with Gasteiger partial charge in [-0.1, -0.05) is 0 Å². The molecule has 1 fully saturated rings. The van der Waals surface area contributed by atoms with Crippen LogP contribution in [-0.4, -0.2) is 31.6 Å². The predicted molar refractivity (Wildman–Crippen MR) is 83.9 cm³/mol. The molecule has 23 heavy (non-hydrogen) atoms. The summed E-state index contributed by atoms with van der Waals surface area (Å²) < 4.78 is 33.4. The van der Waals surface area contributed by atoms with E-state index in [4.69, 9.17) is 9.84 Å². The van der Waals surface area contributed by atoms with E-state index < -0.39 is 16.0 Å². The Hall–Kier alpha value is -1.60. The second kappa shape index (κ2) is 6.13. The first-order valence-electron chi connectivity index (χ1n) is 7.90. The largest absolute Gasteiger partial charge is 0.490 e. The van der Waals surface area contributed by atoms with E-state index in [-0.39, 0.29) is 23.0 Å². The molecule has 3 rings (SSSR count). The van der Waals surface area contributed by atoms with Gasteiger partial charge in [-0.2, -0.15) is 0 Å². The molecule has 1 aromatic rings. The molecule has 126 valence electrons. The van der Waals surface area contributed by atoms with E-state index in [1.807, 2.05) is 6.92 Å². The van der Waals surface area contributed by atoms with Gasteiger partial charge in [0.05, 0.1) is 10.8 Å². The van der Waals surface area contributed by atoms with Gasteiger partial charge in [0.15, 0.2) is 0 Å². The molecule has 0 spiro atoms. The number of sulfonamides is 1. The van der Waals surface area contributed by atoms with Gasteiger partial charge >= 0.3 is 5.97 Å². The average Bonchev–Trinajstić information content (AvgIpc) is 2.86. The third-order valence-corrected chi connectivity index (χ3v) is 6.09. The number of rotatable bonds is 4. The second-order valence-electron chi connectivity index (χ2n) is 6.41. The first-order chi connectivity index (χ1) is 10.8. The fraction of sp³-hybridized carbons (Fsp3) is 0.562. The van der Waals surface area contributed by atoms with Crippen LogP contribution >= 0.6 is 0 Å². The number of carboxylic acid groups (broad SMARTS) is 1. The summed E-state index contributed by atoms with van der Waals surface area (Å²) in [5, 5.41) is 9.00. The van der Waals surface area contributed by atoms with Crippen LogP contribution in [0.4, 0.5) is 0 Å². The van der Waals surface area contributed by atoms with Crippen molar-refractivity contribution in [3.8, 4) is 5.75 Å². The molecule has 0 bridgehead atoms. The minimum atomic E-state index is -3.59. The van der Waals surface area contributed by atoms with Crippen LogP contribution < -0.4 is 9.46 Å². The van der Waals surface area contributed by atoms with Crippen LogP contribution in [0.3, 0.4) is 0 Å².